The number of carboxylic acids is 1. The first kappa shape index (κ1) is 34.8. The fourth-order valence-corrected chi connectivity index (χ4v) is 6.87. The molecular weight excluding hydrogens is 630 g/mol. The van der Waals surface area contributed by atoms with Crippen LogP contribution in [-0.4, -0.2) is 46.0 Å². The van der Waals surface area contributed by atoms with E-state index < -0.39 is 24.3 Å². The molecule has 0 aromatic heterocycles. The minimum atomic E-state index is -0.973. The molecule has 0 saturated carbocycles. The van der Waals surface area contributed by atoms with Crippen molar-refractivity contribution in [1.29, 1.82) is 0 Å². The first-order valence-corrected chi connectivity index (χ1v) is 16.7. The summed E-state index contributed by atoms with van der Waals surface area (Å²) in [5, 5.41) is 22.1. The Morgan fingerprint density at radius 1 is 0.896 bits per heavy atom. The zero-order valence-corrected chi connectivity index (χ0v) is 27.8. The van der Waals surface area contributed by atoms with Gasteiger partial charge in [-0.05, 0) is 46.9 Å². The fourth-order valence-electron chi connectivity index (χ4n) is 5.66. The average Bonchev–Trinajstić information content (AvgIpc) is 3.10. The number of aromatic carboxylic acids is 1. The maximum absolute atomic E-state index is 12.4. The minimum Gasteiger partial charge on any atom is -0.478 e. The second-order valence-electron chi connectivity index (χ2n) is 11.7. The number of esters is 1. The minimum absolute atomic E-state index is 0.0510. The standard InChI is InChI=1S/C38H39NO8S/c1-23-33(22-48-34-11-7-6-10-32(34)37(43)44)46-38(47-35(23)28-14-12-26(21-40)13-15-28)29-18-16-27(17-19-29)31-9-5-4-8-30(31)20-39-36(42)24(2)45-25(3)41/h4-19,23-24,33,35,38,40H,20-22H2,1-3H3,(H,39,42)(H,43,44)/t23-,24+,33+,35+,38+/m1/s1. The normalized spacial score (nSPS) is 19.7. The van der Waals surface area contributed by atoms with Crippen molar-refractivity contribution in [2.45, 2.75) is 63.4 Å². The lowest BCUT2D eigenvalue weighted by molar-refractivity contribution is -0.268. The number of nitrogens with one attached hydrogen (secondary N) is 1. The van der Waals surface area contributed by atoms with Crippen LogP contribution in [0.15, 0.2) is 102 Å². The zero-order valence-electron chi connectivity index (χ0n) is 27.0. The summed E-state index contributed by atoms with van der Waals surface area (Å²) in [5.41, 5.74) is 5.63. The van der Waals surface area contributed by atoms with Crippen molar-refractivity contribution in [2.75, 3.05) is 5.75 Å². The molecule has 1 saturated heterocycles. The molecule has 3 N–H and O–H groups in total. The van der Waals surface area contributed by atoms with Crippen LogP contribution in [0.25, 0.3) is 11.1 Å². The van der Waals surface area contributed by atoms with Gasteiger partial charge in [0.1, 0.15) is 0 Å². The summed E-state index contributed by atoms with van der Waals surface area (Å²) in [6.07, 6.45) is -2.15. The Labute approximate surface area is 284 Å². The highest BCUT2D eigenvalue weighted by Gasteiger charge is 2.38. The van der Waals surface area contributed by atoms with Crippen LogP contribution in [0, 0.1) is 5.92 Å². The number of hydrogen-bond donors (Lipinski definition) is 3. The van der Waals surface area contributed by atoms with Gasteiger partial charge in [-0.3, -0.25) is 9.59 Å². The quantitative estimate of drug-likeness (QED) is 0.111. The highest BCUT2D eigenvalue weighted by molar-refractivity contribution is 7.99. The molecule has 1 amide bonds. The maximum atomic E-state index is 12.4. The Morgan fingerprint density at radius 3 is 2.25 bits per heavy atom. The second-order valence-corrected chi connectivity index (χ2v) is 12.7. The Balaban J connectivity index is 1.36. The molecule has 4 aromatic carbocycles. The first-order valence-electron chi connectivity index (χ1n) is 15.7. The number of aliphatic hydroxyl groups excluding tert-OH is 1. The van der Waals surface area contributed by atoms with E-state index in [9.17, 15) is 24.6 Å². The molecule has 1 aliphatic heterocycles. The predicted octanol–water partition coefficient (Wildman–Crippen LogP) is 6.70. The number of carbonyl (C=O) groups is 3. The number of aliphatic hydroxyl groups is 1. The molecule has 0 unspecified atom stereocenters. The van der Waals surface area contributed by atoms with Gasteiger partial charge in [-0.1, -0.05) is 91.9 Å². The van der Waals surface area contributed by atoms with Crippen LogP contribution >= 0.6 is 11.8 Å². The van der Waals surface area contributed by atoms with Gasteiger partial charge in [0.15, 0.2) is 12.4 Å². The SMILES string of the molecule is CC(=O)O[C@@H](C)C(=O)NCc1ccccc1-c1ccc([C@H]2O[C@@H](CSc3ccccc3C(=O)O)[C@@H](C)[C@@H](c3ccc(CO)cc3)O2)cc1. The van der Waals surface area contributed by atoms with E-state index in [1.54, 1.807) is 12.1 Å². The Kier molecular flexibility index (Phi) is 11.7. The largest absolute Gasteiger partial charge is 0.478 e. The highest BCUT2D eigenvalue weighted by atomic mass is 32.2. The molecule has 10 heteroatoms. The predicted molar refractivity (Wildman–Crippen MR) is 182 cm³/mol. The van der Waals surface area contributed by atoms with Crippen LogP contribution in [0.1, 0.15) is 65.8 Å². The smallest absolute Gasteiger partial charge is 0.336 e. The Hall–Kier alpha value is -4.48. The molecule has 5 rings (SSSR count). The van der Waals surface area contributed by atoms with Gasteiger partial charge in [0, 0.05) is 35.6 Å². The highest BCUT2D eigenvalue weighted by Crippen LogP contribution is 2.43. The number of carbonyl (C=O) groups excluding carboxylic acids is 2. The van der Waals surface area contributed by atoms with Gasteiger partial charge in [-0.2, -0.15) is 0 Å². The zero-order chi connectivity index (χ0) is 34.2. The van der Waals surface area contributed by atoms with Crippen molar-refractivity contribution in [2.24, 2.45) is 5.92 Å². The van der Waals surface area contributed by atoms with Crippen LogP contribution in [-0.2, 0) is 37.0 Å². The van der Waals surface area contributed by atoms with Crippen LogP contribution in [0.4, 0.5) is 0 Å². The van der Waals surface area contributed by atoms with Gasteiger partial charge in [0.25, 0.3) is 5.91 Å². The molecule has 48 heavy (non-hydrogen) atoms. The van der Waals surface area contributed by atoms with E-state index in [-0.39, 0.29) is 42.7 Å². The van der Waals surface area contributed by atoms with E-state index >= 15 is 0 Å². The average molecular weight is 670 g/mol. The molecule has 0 radical (unpaired) electrons. The van der Waals surface area contributed by atoms with Crippen LogP contribution in [0.3, 0.4) is 0 Å². The second kappa shape index (κ2) is 16.1. The molecule has 0 spiro atoms. The van der Waals surface area contributed by atoms with E-state index in [4.69, 9.17) is 14.2 Å². The van der Waals surface area contributed by atoms with E-state index in [2.05, 4.69) is 12.2 Å². The lowest BCUT2D eigenvalue weighted by Gasteiger charge is -2.41. The van der Waals surface area contributed by atoms with Gasteiger partial charge in [-0.25, -0.2) is 4.79 Å². The molecule has 1 aliphatic rings. The molecule has 9 nitrogen and oxygen atoms in total. The number of rotatable bonds is 12. The van der Waals surface area contributed by atoms with Crippen LogP contribution in [0.5, 0.6) is 0 Å². The summed E-state index contributed by atoms with van der Waals surface area (Å²) in [6.45, 7) is 5.08. The van der Waals surface area contributed by atoms with E-state index in [0.717, 1.165) is 33.4 Å². The summed E-state index contributed by atoms with van der Waals surface area (Å²) in [5.74, 6) is -1.41. The van der Waals surface area contributed by atoms with E-state index in [0.29, 0.717) is 10.6 Å². The topological polar surface area (TPSA) is 131 Å². The van der Waals surface area contributed by atoms with Gasteiger partial charge in [0.05, 0.1) is 24.4 Å². The number of thioether (sulfide) groups is 1. The third kappa shape index (κ3) is 8.51. The number of hydrogen-bond acceptors (Lipinski definition) is 8. The summed E-state index contributed by atoms with van der Waals surface area (Å²) < 4.78 is 18.2. The molecule has 250 valence electrons. The molecule has 4 aromatic rings. The molecule has 5 atom stereocenters. The molecule has 0 aliphatic carbocycles. The van der Waals surface area contributed by atoms with Crippen molar-refractivity contribution in [1.82, 2.24) is 5.32 Å². The van der Waals surface area contributed by atoms with Crippen LogP contribution in [0.2, 0.25) is 0 Å². The van der Waals surface area contributed by atoms with Gasteiger partial charge < -0.3 is 29.7 Å². The Morgan fingerprint density at radius 2 is 1.56 bits per heavy atom. The van der Waals surface area contributed by atoms with Gasteiger partial charge in [-0.15, -0.1) is 11.8 Å². The number of amides is 1. The van der Waals surface area contributed by atoms with Crippen molar-refractivity contribution >= 4 is 29.6 Å². The molecule has 1 fully saturated rings. The van der Waals surface area contributed by atoms with Gasteiger partial charge in [0.2, 0.25) is 0 Å². The van der Waals surface area contributed by atoms with Crippen molar-refractivity contribution in [3.8, 4) is 11.1 Å². The van der Waals surface area contributed by atoms with Gasteiger partial charge >= 0.3 is 11.9 Å². The van der Waals surface area contributed by atoms with E-state index in [1.807, 2.05) is 84.9 Å². The van der Waals surface area contributed by atoms with Crippen molar-refractivity contribution in [3.63, 3.8) is 0 Å². The number of ether oxygens (including phenoxy) is 3. The summed E-state index contributed by atoms with van der Waals surface area (Å²) in [6, 6.07) is 30.3. The lowest BCUT2D eigenvalue weighted by Crippen LogP contribution is -2.38. The summed E-state index contributed by atoms with van der Waals surface area (Å²) in [7, 11) is 0. The fraction of sp³-hybridized carbons (Fsp3) is 0.289. The molecule has 1 heterocycles. The molecule has 0 bridgehead atoms. The lowest BCUT2D eigenvalue weighted by atomic mass is 9.91. The van der Waals surface area contributed by atoms with E-state index in [1.165, 1.54) is 25.6 Å². The monoisotopic (exact) mass is 669 g/mol. The summed E-state index contributed by atoms with van der Waals surface area (Å²) >= 11 is 1.45. The maximum Gasteiger partial charge on any atom is 0.336 e. The number of carboxylic acid groups (broad SMARTS) is 1. The summed E-state index contributed by atoms with van der Waals surface area (Å²) in [4.78, 5) is 36.2. The molecular formula is C38H39NO8S. The first-order chi connectivity index (χ1) is 23.1. The number of benzene rings is 4. The van der Waals surface area contributed by atoms with Crippen molar-refractivity contribution in [3.05, 3.63) is 125 Å². The third-order valence-corrected chi connectivity index (χ3v) is 9.48. The van der Waals surface area contributed by atoms with Crippen molar-refractivity contribution < 1.29 is 38.8 Å². The third-order valence-electron chi connectivity index (χ3n) is 8.32. The van der Waals surface area contributed by atoms with Crippen LogP contribution < -0.4 is 5.32 Å². The Bertz CT molecular complexity index is 1730.